The quantitative estimate of drug-likeness (QED) is 0.273. The fourth-order valence-electron chi connectivity index (χ4n) is 3.22. The molecule has 0 aliphatic rings. The smallest absolute Gasteiger partial charge is 0.410 e. The largest absolute Gasteiger partial charge is 0.497 e. The Morgan fingerprint density at radius 2 is 1.30 bits per heavy atom. The number of benzene rings is 2. The maximum Gasteiger partial charge on any atom is 0.410 e. The van der Waals surface area contributed by atoms with Gasteiger partial charge in [0.15, 0.2) is 0 Å². The lowest BCUT2D eigenvalue weighted by Crippen LogP contribution is -2.39. The third kappa shape index (κ3) is 11.6. The predicted molar refractivity (Wildman–Crippen MR) is 138 cm³/mol. The Balaban J connectivity index is 1.81. The Kier molecular flexibility index (Phi) is 13.2. The lowest BCUT2D eigenvalue weighted by atomic mass is 10.1. The van der Waals surface area contributed by atoms with E-state index in [-0.39, 0.29) is 32.1 Å². The van der Waals surface area contributed by atoms with Gasteiger partial charge in [-0.25, -0.2) is 9.59 Å². The molecule has 10 heteroatoms. The van der Waals surface area contributed by atoms with Crippen LogP contribution < -0.4 is 20.1 Å². The summed E-state index contributed by atoms with van der Waals surface area (Å²) in [5, 5.41) is 5.18. The van der Waals surface area contributed by atoms with Gasteiger partial charge in [0.2, 0.25) is 0 Å². The maximum absolute atomic E-state index is 12.9. The van der Waals surface area contributed by atoms with E-state index in [1.54, 1.807) is 19.1 Å². The lowest BCUT2D eigenvalue weighted by Gasteiger charge is -2.23. The van der Waals surface area contributed by atoms with Gasteiger partial charge < -0.3 is 29.6 Å². The van der Waals surface area contributed by atoms with Gasteiger partial charge in [-0.1, -0.05) is 37.6 Å². The molecule has 0 aliphatic carbocycles. The third-order valence-corrected chi connectivity index (χ3v) is 5.31. The number of carbonyl (C=O) groups excluding carboxylic acids is 3. The van der Waals surface area contributed by atoms with E-state index in [2.05, 4.69) is 10.6 Å². The Bertz CT molecular complexity index is 915. The second-order valence-electron chi connectivity index (χ2n) is 8.17. The van der Waals surface area contributed by atoms with E-state index in [0.717, 1.165) is 35.5 Å². The van der Waals surface area contributed by atoms with Crippen LogP contribution in [0.15, 0.2) is 48.5 Å². The fourth-order valence-corrected chi connectivity index (χ4v) is 3.22. The van der Waals surface area contributed by atoms with E-state index < -0.39 is 12.1 Å². The van der Waals surface area contributed by atoms with Crippen molar-refractivity contribution in [2.75, 3.05) is 40.5 Å². The molecular formula is C27H37N3O7. The fraction of sp³-hybridized carbons (Fsp3) is 0.444. The number of rotatable bonds is 15. The molecule has 0 fully saturated rings. The zero-order valence-electron chi connectivity index (χ0n) is 21.8. The molecule has 0 aromatic heterocycles. The minimum atomic E-state index is -0.510. The number of nitrogens with zero attached hydrogens (tertiary/aromatic N) is 1. The topological polar surface area (TPSA) is 115 Å². The minimum absolute atomic E-state index is 0.00691. The van der Waals surface area contributed by atoms with E-state index in [0.29, 0.717) is 19.7 Å². The van der Waals surface area contributed by atoms with Gasteiger partial charge in [0.25, 0.3) is 0 Å². The van der Waals surface area contributed by atoms with E-state index in [4.69, 9.17) is 18.9 Å². The van der Waals surface area contributed by atoms with Crippen LogP contribution in [0.3, 0.4) is 0 Å². The lowest BCUT2D eigenvalue weighted by molar-refractivity contribution is -0.143. The van der Waals surface area contributed by atoms with Gasteiger partial charge in [-0.05, 0) is 41.8 Å². The van der Waals surface area contributed by atoms with Crippen LogP contribution in [0.5, 0.6) is 11.5 Å². The molecule has 0 radical (unpaired) electrons. The summed E-state index contributed by atoms with van der Waals surface area (Å²) in [5.41, 5.74) is 1.83. The van der Waals surface area contributed by atoms with Crippen molar-refractivity contribution in [1.29, 1.82) is 0 Å². The number of hydrogen-bond acceptors (Lipinski definition) is 7. The summed E-state index contributed by atoms with van der Waals surface area (Å²) in [6.07, 6.45) is 1.34. The monoisotopic (exact) mass is 515 g/mol. The summed E-state index contributed by atoms with van der Waals surface area (Å²) in [5.74, 6) is 1.10. The summed E-state index contributed by atoms with van der Waals surface area (Å²) in [7, 11) is 3.19. The summed E-state index contributed by atoms with van der Waals surface area (Å²) in [6.45, 7) is 3.34. The van der Waals surface area contributed by atoms with Crippen LogP contribution in [0.4, 0.5) is 9.59 Å². The number of unbranched alkanes of at least 4 members (excludes halogenated alkanes) is 1. The molecule has 10 nitrogen and oxygen atoms in total. The number of ether oxygens (including phenoxy) is 4. The van der Waals surface area contributed by atoms with Crippen molar-refractivity contribution in [2.24, 2.45) is 0 Å². The van der Waals surface area contributed by atoms with Crippen molar-refractivity contribution in [3.05, 3.63) is 59.7 Å². The molecule has 2 N–H and O–H groups in total. The van der Waals surface area contributed by atoms with Gasteiger partial charge in [0, 0.05) is 19.6 Å². The van der Waals surface area contributed by atoms with Crippen molar-refractivity contribution >= 4 is 18.1 Å². The first kappa shape index (κ1) is 29.3. The van der Waals surface area contributed by atoms with Gasteiger partial charge in [-0.3, -0.25) is 9.69 Å². The van der Waals surface area contributed by atoms with Crippen molar-refractivity contribution in [2.45, 2.75) is 39.3 Å². The molecule has 0 heterocycles. The zero-order chi connectivity index (χ0) is 26.9. The molecule has 2 rings (SSSR count). The molecule has 0 unspecified atom stereocenters. The van der Waals surface area contributed by atoms with Crippen molar-refractivity contribution in [3.8, 4) is 11.5 Å². The summed E-state index contributed by atoms with van der Waals surface area (Å²) in [6, 6.07) is 14.4. The molecule has 2 aromatic rings. The van der Waals surface area contributed by atoms with E-state index in [1.165, 1.54) is 0 Å². The summed E-state index contributed by atoms with van der Waals surface area (Å²) < 4.78 is 20.8. The molecule has 0 bridgehead atoms. The highest BCUT2D eigenvalue weighted by Gasteiger charge is 2.17. The normalized spacial score (nSPS) is 10.2. The van der Waals surface area contributed by atoms with Crippen LogP contribution in [0.2, 0.25) is 0 Å². The van der Waals surface area contributed by atoms with E-state index in [1.807, 2.05) is 55.5 Å². The third-order valence-electron chi connectivity index (χ3n) is 5.31. The Hall–Kier alpha value is -3.95. The number of carbonyl (C=O) groups is 3. The van der Waals surface area contributed by atoms with E-state index >= 15 is 0 Å². The molecule has 202 valence electrons. The summed E-state index contributed by atoms with van der Waals surface area (Å²) in [4.78, 5) is 37.9. The SMILES string of the molecule is CCCCOC(=O)CCNC(=O)NCCOC(=O)N(Cc1ccc(OC)cc1)Cc1ccc(OC)cc1. The minimum Gasteiger partial charge on any atom is -0.497 e. The number of nitrogens with one attached hydrogen (secondary N) is 2. The summed E-state index contributed by atoms with van der Waals surface area (Å²) >= 11 is 0. The van der Waals surface area contributed by atoms with E-state index in [9.17, 15) is 14.4 Å². The number of esters is 1. The molecule has 0 spiro atoms. The Morgan fingerprint density at radius 1 is 0.757 bits per heavy atom. The second kappa shape index (κ2) is 16.7. The average molecular weight is 516 g/mol. The highest BCUT2D eigenvalue weighted by Crippen LogP contribution is 2.17. The van der Waals surface area contributed by atoms with Crippen molar-refractivity contribution in [3.63, 3.8) is 0 Å². The van der Waals surface area contributed by atoms with Gasteiger partial charge in [-0.15, -0.1) is 0 Å². The first-order valence-corrected chi connectivity index (χ1v) is 12.3. The number of methoxy groups -OCH3 is 2. The first-order valence-electron chi connectivity index (χ1n) is 12.3. The van der Waals surface area contributed by atoms with Crippen LogP contribution in [0.1, 0.15) is 37.3 Å². The molecule has 37 heavy (non-hydrogen) atoms. The van der Waals surface area contributed by atoms with Crippen molar-refractivity contribution < 1.29 is 33.3 Å². The maximum atomic E-state index is 12.9. The molecule has 0 saturated heterocycles. The molecule has 2 aromatic carbocycles. The Morgan fingerprint density at radius 3 is 1.81 bits per heavy atom. The number of hydrogen-bond donors (Lipinski definition) is 2. The average Bonchev–Trinajstić information content (AvgIpc) is 2.91. The molecule has 3 amide bonds. The van der Waals surface area contributed by atoms with Gasteiger partial charge >= 0.3 is 18.1 Å². The Labute approximate surface area is 218 Å². The zero-order valence-corrected chi connectivity index (χ0v) is 21.8. The van der Waals surface area contributed by atoms with Crippen molar-refractivity contribution in [1.82, 2.24) is 15.5 Å². The highest BCUT2D eigenvalue weighted by molar-refractivity contribution is 5.75. The number of urea groups is 1. The van der Waals surface area contributed by atoms with Gasteiger partial charge in [0.05, 0.1) is 33.8 Å². The van der Waals surface area contributed by atoms with Gasteiger partial charge in [-0.2, -0.15) is 0 Å². The predicted octanol–water partition coefficient (Wildman–Crippen LogP) is 3.88. The van der Waals surface area contributed by atoms with Crippen LogP contribution in [-0.2, 0) is 27.4 Å². The van der Waals surface area contributed by atoms with Crippen LogP contribution in [0.25, 0.3) is 0 Å². The highest BCUT2D eigenvalue weighted by atomic mass is 16.6. The molecule has 0 atom stereocenters. The standard InChI is InChI=1S/C27H37N3O7/c1-4-5-17-36-25(31)14-15-28-26(32)29-16-18-37-27(33)30(19-21-6-10-23(34-2)11-7-21)20-22-8-12-24(35-3)13-9-22/h6-13H,4-5,14-20H2,1-3H3,(H2,28,29,32). The van der Waals surface area contributed by atoms with Crippen LogP contribution in [-0.4, -0.2) is 63.5 Å². The second-order valence-corrected chi connectivity index (χ2v) is 8.17. The molecule has 0 aliphatic heterocycles. The number of amides is 3. The van der Waals surface area contributed by atoms with Crippen LogP contribution >= 0.6 is 0 Å². The van der Waals surface area contributed by atoms with Crippen LogP contribution in [0, 0.1) is 0 Å². The first-order chi connectivity index (χ1) is 17.9. The van der Waals surface area contributed by atoms with Gasteiger partial charge in [0.1, 0.15) is 18.1 Å². The molecule has 0 saturated carbocycles. The molecular weight excluding hydrogens is 478 g/mol.